The van der Waals surface area contributed by atoms with Gasteiger partial charge in [-0.2, -0.15) is 0 Å². The molecule has 0 bridgehead atoms. The molecule has 4 heteroatoms. The van der Waals surface area contributed by atoms with Gasteiger partial charge in [0.1, 0.15) is 5.75 Å². The molecule has 24 heavy (non-hydrogen) atoms. The molecular weight excluding hydrogens is 300 g/mol. The second-order valence-corrected chi connectivity index (χ2v) is 5.81. The van der Waals surface area contributed by atoms with E-state index in [2.05, 4.69) is 5.32 Å². The SMILES string of the molecule is COc1ccc2cc(C(C)C(=O)Nc3cccc(N)c3)ccc2c1. The molecule has 0 spiro atoms. The van der Waals surface area contributed by atoms with Crippen molar-refractivity contribution in [1.82, 2.24) is 0 Å². The molecule has 0 saturated carbocycles. The number of nitrogens with one attached hydrogen (secondary N) is 1. The highest BCUT2D eigenvalue weighted by atomic mass is 16.5. The van der Waals surface area contributed by atoms with Crippen molar-refractivity contribution in [2.45, 2.75) is 12.8 Å². The van der Waals surface area contributed by atoms with E-state index in [1.54, 1.807) is 19.2 Å². The van der Waals surface area contributed by atoms with Gasteiger partial charge in [-0.15, -0.1) is 0 Å². The zero-order chi connectivity index (χ0) is 17.1. The molecule has 0 aliphatic heterocycles. The lowest BCUT2D eigenvalue weighted by molar-refractivity contribution is -0.117. The summed E-state index contributed by atoms with van der Waals surface area (Å²) < 4.78 is 5.24. The van der Waals surface area contributed by atoms with Crippen LogP contribution < -0.4 is 15.8 Å². The number of hydrogen-bond donors (Lipinski definition) is 2. The lowest BCUT2D eigenvalue weighted by atomic mass is 9.97. The molecule has 0 radical (unpaired) electrons. The van der Waals surface area contributed by atoms with Gasteiger partial charge in [-0.1, -0.05) is 30.3 Å². The first-order chi connectivity index (χ1) is 11.6. The van der Waals surface area contributed by atoms with E-state index in [0.29, 0.717) is 11.4 Å². The number of amides is 1. The zero-order valence-electron chi connectivity index (χ0n) is 13.7. The Bertz CT molecular complexity index is 890. The highest BCUT2D eigenvalue weighted by molar-refractivity contribution is 5.96. The number of nitrogen functional groups attached to an aromatic ring is 1. The van der Waals surface area contributed by atoms with Crippen molar-refractivity contribution in [3.8, 4) is 5.75 Å². The maximum absolute atomic E-state index is 12.5. The second-order valence-electron chi connectivity index (χ2n) is 5.81. The van der Waals surface area contributed by atoms with Gasteiger partial charge in [0.15, 0.2) is 0 Å². The van der Waals surface area contributed by atoms with Crippen LogP contribution in [0.5, 0.6) is 5.75 Å². The van der Waals surface area contributed by atoms with Crippen molar-refractivity contribution in [2.75, 3.05) is 18.2 Å². The largest absolute Gasteiger partial charge is 0.497 e. The van der Waals surface area contributed by atoms with Crippen molar-refractivity contribution in [2.24, 2.45) is 0 Å². The number of anilines is 2. The number of fused-ring (bicyclic) bond motifs is 1. The molecule has 0 aromatic heterocycles. The van der Waals surface area contributed by atoms with Crippen LogP contribution in [0.15, 0.2) is 60.7 Å². The van der Waals surface area contributed by atoms with Crippen LogP contribution in [-0.2, 0) is 4.79 Å². The van der Waals surface area contributed by atoms with Crippen molar-refractivity contribution < 1.29 is 9.53 Å². The Morgan fingerprint density at radius 2 is 1.79 bits per heavy atom. The first-order valence-electron chi connectivity index (χ1n) is 7.81. The van der Waals surface area contributed by atoms with E-state index < -0.39 is 0 Å². The number of ether oxygens (including phenoxy) is 1. The molecule has 1 unspecified atom stereocenters. The lowest BCUT2D eigenvalue weighted by Gasteiger charge is -2.14. The molecule has 122 valence electrons. The van der Waals surface area contributed by atoms with E-state index in [-0.39, 0.29) is 11.8 Å². The second kappa shape index (κ2) is 6.62. The van der Waals surface area contributed by atoms with Gasteiger partial charge in [0.2, 0.25) is 5.91 Å². The molecule has 0 aliphatic carbocycles. The molecule has 3 rings (SSSR count). The summed E-state index contributed by atoms with van der Waals surface area (Å²) in [6, 6.07) is 19.1. The Hall–Kier alpha value is -3.01. The predicted molar refractivity (Wildman–Crippen MR) is 98.4 cm³/mol. The molecule has 3 N–H and O–H groups in total. The fourth-order valence-corrected chi connectivity index (χ4v) is 2.66. The minimum absolute atomic E-state index is 0.0616. The summed E-state index contributed by atoms with van der Waals surface area (Å²) in [5, 5.41) is 5.07. The average molecular weight is 320 g/mol. The van der Waals surface area contributed by atoms with Gasteiger partial charge in [-0.25, -0.2) is 0 Å². The maximum Gasteiger partial charge on any atom is 0.231 e. The fraction of sp³-hybridized carbons (Fsp3) is 0.150. The van der Waals surface area contributed by atoms with Crippen LogP contribution in [0.25, 0.3) is 10.8 Å². The van der Waals surface area contributed by atoms with Crippen LogP contribution in [-0.4, -0.2) is 13.0 Å². The van der Waals surface area contributed by atoms with Gasteiger partial charge in [-0.05, 0) is 53.6 Å². The Balaban J connectivity index is 1.82. The quantitative estimate of drug-likeness (QED) is 0.709. The van der Waals surface area contributed by atoms with Gasteiger partial charge in [-0.3, -0.25) is 4.79 Å². The number of carbonyl (C=O) groups is 1. The van der Waals surface area contributed by atoms with Crippen LogP contribution in [0, 0.1) is 0 Å². The molecule has 0 heterocycles. The Kier molecular flexibility index (Phi) is 4.38. The molecule has 0 fully saturated rings. The van der Waals surface area contributed by atoms with Crippen molar-refractivity contribution in [3.05, 3.63) is 66.2 Å². The Morgan fingerprint density at radius 3 is 2.54 bits per heavy atom. The van der Waals surface area contributed by atoms with E-state index in [4.69, 9.17) is 10.5 Å². The van der Waals surface area contributed by atoms with Crippen molar-refractivity contribution in [3.63, 3.8) is 0 Å². The third-order valence-electron chi connectivity index (χ3n) is 4.12. The third kappa shape index (κ3) is 3.33. The summed E-state index contributed by atoms with van der Waals surface area (Å²) in [6.45, 7) is 1.90. The molecule has 3 aromatic rings. The van der Waals surface area contributed by atoms with Crippen LogP contribution in [0.4, 0.5) is 11.4 Å². The van der Waals surface area contributed by atoms with E-state index >= 15 is 0 Å². The zero-order valence-corrected chi connectivity index (χ0v) is 13.7. The van der Waals surface area contributed by atoms with Gasteiger partial charge in [0.25, 0.3) is 0 Å². The molecule has 3 aromatic carbocycles. The number of nitrogens with two attached hydrogens (primary N) is 1. The standard InChI is InChI=1S/C20H20N2O2/c1-13(20(23)22-18-5-3-4-17(21)12-18)14-6-7-16-11-19(24-2)9-8-15(16)10-14/h3-13H,21H2,1-2H3,(H,22,23). The van der Waals surface area contributed by atoms with Crippen LogP contribution in [0.1, 0.15) is 18.4 Å². The normalized spacial score (nSPS) is 11.9. The minimum Gasteiger partial charge on any atom is -0.497 e. The van der Waals surface area contributed by atoms with Gasteiger partial charge in [0.05, 0.1) is 13.0 Å². The monoisotopic (exact) mass is 320 g/mol. The highest BCUT2D eigenvalue weighted by Crippen LogP contribution is 2.26. The molecular formula is C20H20N2O2. The predicted octanol–water partition coefficient (Wildman–Crippen LogP) is 4.17. The summed E-state index contributed by atoms with van der Waals surface area (Å²) >= 11 is 0. The molecule has 4 nitrogen and oxygen atoms in total. The molecule has 1 atom stereocenters. The van der Waals surface area contributed by atoms with Crippen molar-refractivity contribution >= 4 is 28.1 Å². The lowest BCUT2D eigenvalue weighted by Crippen LogP contribution is -2.18. The number of carbonyl (C=O) groups excluding carboxylic acids is 1. The van der Waals surface area contributed by atoms with E-state index in [1.165, 1.54) is 0 Å². The van der Waals surface area contributed by atoms with Gasteiger partial charge < -0.3 is 15.8 Å². The summed E-state index contributed by atoms with van der Waals surface area (Å²) in [7, 11) is 1.65. The van der Waals surface area contributed by atoms with E-state index in [0.717, 1.165) is 22.1 Å². The highest BCUT2D eigenvalue weighted by Gasteiger charge is 2.16. The summed E-state index contributed by atoms with van der Waals surface area (Å²) in [4.78, 5) is 12.5. The average Bonchev–Trinajstić information content (AvgIpc) is 2.60. The fourth-order valence-electron chi connectivity index (χ4n) is 2.66. The van der Waals surface area contributed by atoms with Crippen molar-refractivity contribution in [1.29, 1.82) is 0 Å². The number of rotatable bonds is 4. The van der Waals surface area contributed by atoms with Gasteiger partial charge in [0, 0.05) is 11.4 Å². The smallest absolute Gasteiger partial charge is 0.231 e. The van der Waals surface area contributed by atoms with Crippen LogP contribution in [0.2, 0.25) is 0 Å². The molecule has 1 amide bonds. The first kappa shape index (κ1) is 15.9. The molecule has 0 aliphatic rings. The Morgan fingerprint density at radius 1 is 1.04 bits per heavy atom. The number of hydrogen-bond acceptors (Lipinski definition) is 3. The first-order valence-corrected chi connectivity index (χ1v) is 7.81. The topological polar surface area (TPSA) is 64.3 Å². The van der Waals surface area contributed by atoms with Gasteiger partial charge >= 0.3 is 0 Å². The van der Waals surface area contributed by atoms with E-state index in [9.17, 15) is 4.79 Å². The minimum atomic E-state index is -0.266. The summed E-state index contributed by atoms with van der Waals surface area (Å²) in [5.41, 5.74) is 8.04. The third-order valence-corrected chi connectivity index (χ3v) is 4.12. The molecule has 0 saturated heterocycles. The van der Waals surface area contributed by atoms with Crippen LogP contribution >= 0.6 is 0 Å². The number of benzene rings is 3. The summed E-state index contributed by atoms with van der Waals surface area (Å²) in [5.74, 6) is 0.495. The van der Waals surface area contributed by atoms with E-state index in [1.807, 2.05) is 55.5 Å². The Labute approximate surface area is 141 Å². The van der Waals surface area contributed by atoms with Crippen LogP contribution in [0.3, 0.4) is 0 Å². The summed E-state index contributed by atoms with van der Waals surface area (Å²) in [6.07, 6.45) is 0. The maximum atomic E-state index is 12.5. The number of methoxy groups -OCH3 is 1.